The van der Waals surface area contributed by atoms with Gasteiger partial charge in [0, 0.05) is 7.69 Å². The lowest BCUT2D eigenvalue weighted by Gasteiger charge is -2.32. The van der Waals surface area contributed by atoms with Crippen LogP contribution >= 0.6 is 0 Å². The number of hydrogen-bond donors (Lipinski definition) is 0. The first-order chi connectivity index (χ1) is 10.2. The van der Waals surface area contributed by atoms with E-state index in [9.17, 15) is 0 Å². The van der Waals surface area contributed by atoms with Crippen LogP contribution in [0.1, 0.15) is 71.8 Å². The van der Waals surface area contributed by atoms with Gasteiger partial charge in [0.2, 0.25) is 0 Å². The van der Waals surface area contributed by atoms with Gasteiger partial charge in [-0.1, -0.05) is 37.1 Å². The van der Waals surface area contributed by atoms with Crippen molar-refractivity contribution >= 4 is 7.12 Å². The van der Waals surface area contributed by atoms with Gasteiger partial charge in [-0.05, 0) is 57.6 Å². The van der Waals surface area contributed by atoms with E-state index >= 15 is 0 Å². The number of hydrogen-bond acceptors (Lipinski definition) is 2. The Kier molecular flexibility index (Phi) is 3.59. The van der Waals surface area contributed by atoms with Crippen molar-refractivity contribution in [2.24, 2.45) is 0 Å². The van der Waals surface area contributed by atoms with E-state index in [0.29, 0.717) is 0 Å². The fraction of sp³-hybridized carbons (Fsp3) is 0.667. The molecule has 1 aromatic rings. The molecule has 0 aromatic heterocycles. The van der Waals surface area contributed by atoms with E-state index in [4.69, 9.17) is 10.7 Å². The molecule has 0 atom stereocenters. The smallest absolute Gasteiger partial charge is 0.403 e. The molecule has 0 unspecified atom stereocenters. The summed E-state index contributed by atoms with van der Waals surface area (Å²) in [5.74, 6) is -0.358. The molecule has 1 aliphatic carbocycles. The Balaban J connectivity index is 1.67. The summed E-state index contributed by atoms with van der Waals surface area (Å²) in [4.78, 5) is 0. The lowest BCUT2D eigenvalue weighted by Crippen LogP contribution is -2.41. The maximum atomic E-state index is 8.57. The highest BCUT2D eigenvalue weighted by atomic mass is 16.7. The predicted octanol–water partition coefficient (Wildman–Crippen LogP) is 4.52. The third-order valence-electron chi connectivity index (χ3n) is 5.27. The molecule has 114 valence electrons. The second kappa shape index (κ2) is 5.44. The summed E-state index contributed by atoms with van der Waals surface area (Å²) >= 11 is 0. The molecule has 0 amide bonds. The highest BCUT2D eigenvalue weighted by Gasteiger charge is 2.50. The number of benzene rings is 1. The van der Waals surface area contributed by atoms with Crippen molar-refractivity contribution in [2.75, 3.05) is 0 Å². The monoisotopic (exact) mass is 287 g/mol. The van der Waals surface area contributed by atoms with Gasteiger partial charge in [-0.25, -0.2) is 0 Å². The van der Waals surface area contributed by atoms with Crippen LogP contribution in [0, 0.1) is 0 Å². The second-order valence-electron chi connectivity index (χ2n) is 7.40. The minimum atomic E-state index is -0.358. The highest BCUT2D eigenvalue weighted by molar-refractivity contribution is 6.45. The number of rotatable bonds is 3. The van der Waals surface area contributed by atoms with Gasteiger partial charge >= 0.3 is 7.12 Å². The summed E-state index contributed by atoms with van der Waals surface area (Å²) in [6.07, 6.45) is 5.10. The SMILES string of the molecule is [2H]C1(c2ccc(CB3OC(C)(C)C(C)(C)O3)cc2)CCCC1. The zero-order chi connectivity index (χ0) is 16.0. The third kappa shape index (κ3) is 3.05. The standard InChI is InChI=1S/C18H27BO2/c1-17(2)18(3,4)21-19(20-17)13-14-9-11-16(12-10-14)15-7-5-6-8-15/h9-12,15H,5-8,13H2,1-4H3/i15D. The molecular weight excluding hydrogens is 259 g/mol. The molecule has 0 spiro atoms. The average Bonchev–Trinajstić information content (AvgIpc) is 2.93. The van der Waals surface area contributed by atoms with E-state index in [-0.39, 0.29) is 24.2 Å². The second-order valence-corrected chi connectivity index (χ2v) is 7.40. The normalized spacial score (nSPS) is 26.9. The first-order valence-electron chi connectivity index (χ1n) is 8.67. The van der Waals surface area contributed by atoms with Crippen LogP contribution in [0.15, 0.2) is 24.3 Å². The molecule has 3 rings (SSSR count). The van der Waals surface area contributed by atoms with Crippen molar-refractivity contribution in [1.29, 1.82) is 0 Å². The summed E-state index contributed by atoms with van der Waals surface area (Å²) in [6, 6.07) is 8.52. The maximum absolute atomic E-state index is 8.57. The van der Waals surface area contributed by atoms with E-state index < -0.39 is 0 Å². The molecule has 0 N–H and O–H groups in total. The minimum absolute atomic E-state index is 0.188. The molecule has 1 aromatic carbocycles. The average molecular weight is 287 g/mol. The minimum Gasteiger partial charge on any atom is -0.403 e. The molecular formula is C18H27BO2. The van der Waals surface area contributed by atoms with Gasteiger partial charge < -0.3 is 9.31 Å². The Morgan fingerprint density at radius 1 is 1.05 bits per heavy atom. The quantitative estimate of drug-likeness (QED) is 0.761. The molecule has 1 heterocycles. The Morgan fingerprint density at radius 2 is 1.57 bits per heavy atom. The Labute approximate surface area is 130 Å². The third-order valence-corrected chi connectivity index (χ3v) is 5.27. The summed E-state index contributed by atoms with van der Waals surface area (Å²) < 4.78 is 20.7. The summed E-state index contributed by atoms with van der Waals surface area (Å²) in [5.41, 5.74) is 1.82. The lowest BCUT2D eigenvalue weighted by molar-refractivity contribution is 0.00578. The van der Waals surface area contributed by atoms with E-state index in [1.165, 1.54) is 18.4 Å². The Bertz CT molecular complexity index is 517. The summed E-state index contributed by atoms with van der Waals surface area (Å²) in [7, 11) is -0.188. The van der Waals surface area contributed by atoms with Gasteiger partial charge in [0.05, 0.1) is 11.2 Å². The van der Waals surface area contributed by atoms with Crippen molar-refractivity contribution in [3.8, 4) is 0 Å². The van der Waals surface area contributed by atoms with Crippen LogP contribution in [0.25, 0.3) is 0 Å². The lowest BCUT2D eigenvalue weighted by atomic mass is 9.80. The maximum Gasteiger partial charge on any atom is 0.462 e. The van der Waals surface area contributed by atoms with E-state index in [1.807, 2.05) is 0 Å². The van der Waals surface area contributed by atoms with Crippen molar-refractivity contribution in [1.82, 2.24) is 0 Å². The predicted molar refractivity (Wildman–Crippen MR) is 87.4 cm³/mol. The van der Waals surface area contributed by atoms with Crippen LogP contribution < -0.4 is 0 Å². The fourth-order valence-electron chi connectivity index (χ4n) is 3.21. The van der Waals surface area contributed by atoms with E-state index in [2.05, 4.69) is 52.0 Å². The van der Waals surface area contributed by atoms with Gasteiger partial charge in [-0.15, -0.1) is 0 Å². The molecule has 21 heavy (non-hydrogen) atoms. The summed E-state index contributed by atoms with van der Waals surface area (Å²) in [5, 5.41) is 0. The van der Waals surface area contributed by atoms with Gasteiger partial charge in [-0.2, -0.15) is 0 Å². The van der Waals surface area contributed by atoms with Crippen molar-refractivity contribution in [3.63, 3.8) is 0 Å². The van der Waals surface area contributed by atoms with Crippen molar-refractivity contribution in [2.45, 2.75) is 76.8 Å². The van der Waals surface area contributed by atoms with Crippen LogP contribution in [0.4, 0.5) is 0 Å². The van der Waals surface area contributed by atoms with Gasteiger partial charge in [0.25, 0.3) is 0 Å². The van der Waals surface area contributed by atoms with Crippen LogP contribution in [-0.4, -0.2) is 18.3 Å². The summed E-state index contributed by atoms with van der Waals surface area (Å²) in [6.45, 7) is 8.33. The first-order valence-corrected chi connectivity index (χ1v) is 8.17. The zero-order valence-corrected chi connectivity index (χ0v) is 13.7. The molecule has 2 aliphatic rings. The van der Waals surface area contributed by atoms with Gasteiger partial charge in [0.1, 0.15) is 0 Å². The van der Waals surface area contributed by atoms with Crippen LogP contribution in [0.3, 0.4) is 0 Å². The molecule has 0 bridgehead atoms. The van der Waals surface area contributed by atoms with E-state index in [0.717, 1.165) is 24.7 Å². The van der Waals surface area contributed by atoms with E-state index in [1.54, 1.807) is 0 Å². The topological polar surface area (TPSA) is 18.5 Å². The van der Waals surface area contributed by atoms with Gasteiger partial charge in [0.15, 0.2) is 0 Å². The molecule has 2 fully saturated rings. The molecule has 1 aliphatic heterocycles. The van der Waals surface area contributed by atoms with Crippen molar-refractivity contribution in [3.05, 3.63) is 35.4 Å². The fourth-order valence-corrected chi connectivity index (χ4v) is 3.21. The highest BCUT2D eigenvalue weighted by Crippen LogP contribution is 2.38. The van der Waals surface area contributed by atoms with Gasteiger partial charge in [-0.3, -0.25) is 0 Å². The van der Waals surface area contributed by atoms with Crippen LogP contribution in [0.5, 0.6) is 0 Å². The molecule has 1 saturated heterocycles. The molecule has 3 heteroatoms. The Hall–Kier alpha value is -0.795. The van der Waals surface area contributed by atoms with Crippen LogP contribution in [-0.2, 0) is 15.6 Å². The molecule has 1 saturated carbocycles. The molecule has 2 nitrogen and oxygen atoms in total. The zero-order valence-electron chi connectivity index (χ0n) is 14.7. The molecule has 0 radical (unpaired) electrons. The Morgan fingerprint density at radius 3 is 2.10 bits per heavy atom. The first kappa shape index (κ1) is 13.8. The largest absolute Gasteiger partial charge is 0.462 e. The van der Waals surface area contributed by atoms with Crippen LogP contribution in [0.2, 0.25) is 0 Å². The van der Waals surface area contributed by atoms with Crippen molar-refractivity contribution < 1.29 is 10.7 Å².